The van der Waals surface area contributed by atoms with Gasteiger partial charge in [0.05, 0.1) is 16.8 Å². The van der Waals surface area contributed by atoms with Crippen molar-refractivity contribution in [1.82, 2.24) is 15.1 Å². The fraction of sp³-hybridized carbons (Fsp3) is 0.375. The van der Waals surface area contributed by atoms with Crippen LogP contribution in [0.3, 0.4) is 0 Å². The second-order valence-corrected chi connectivity index (χ2v) is 5.74. The van der Waals surface area contributed by atoms with Crippen molar-refractivity contribution < 1.29 is 9.90 Å². The number of halogens is 1. The van der Waals surface area contributed by atoms with Crippen LogP contribution in [-0.2, 0) is 0 Å². The molecule has 1 atom stereocenters. The number of rotatable bonds is 6. The predicted molar refractivity (Wildman–Crippen MR) is 91.2 cm³/mol. The Bertz CT molecular complexity index is 672. The van der Waals surface area contributed by atoms with Crippen LogP contribution < -0.4 is 10.6 Å². The van der Waals surface area contributed by atoms with Crippen LogP contribution in [0.4, 0.5) is 10.6 Å². The van der Waals surface area contributed by atoms with E-state index in [4.69, 9.17) is 11.6 Å². The van der Waals surface area contributed by atoms with Crippen LogP contribution in [-0.4, -0.2) is 33.6 Å². The van der Waals surface area contributed by atoms with E-state index in [1.165, 1.54) is 0 Å². The summed E-state index contributed by atoms with van der Waals surface area (Å²) in [5, 5.41) is 19.9. The zero-order valence-corrected chi connectivity index (χ0v) is 14.0. The van der Waals surface area contributed by atoms with Crippen molar-refractivity contribution in [3.05, 3.63) is 41.0 Å². The molecule has 0 saturated carbocycles. The summed E-state index contributed by atoms with van der Waals surface area (Å²) in [6, 6.07) is 6.94. The third-order valence-corrected chi connectivity index (χ3v) is 3.67. The van der Waals surface area contributed by atoms with Crippen LogP contribution in [0.1, 0.15) is 25.3 Å². The summed E-state index contributed by atoms with van der Waals surface area (Å²) in [4.78, 5) is 11.9. The summed E-state index contributed by atoms with van der Waals surface area (Å²) in [5.41, 5.74) is 1.55. The summed E-state index contributed by atoms with van der Waals surface area (Å²) in [6.45, 7) is 4.04. The lowest BCUT2D eigenvalue weighted by Gasteiger charge is -2.11. The lowest BCUT2D eigenvalue weighted by atomic mass is 10.2. The molecule has 0 radical (unpaired) electrons. The molecule has 2 aromatic rings. The molecule has 2 rings (SSSR count). The van der Waals surface area contributed by atoms with Gasteiger partial charge >= 0.3 is 6.03 Å². The van der Waals surface area contributed by atoms with Crippen LogP contribution in [0.2, 0.25) is 5.02 Å². The fourth-order valence-corrected chi connectivity index (χ4v) is 2.36. The number of aromatic nitrogens is 2. The fourth-order valence-electron chi connectivity index (χ4n) is 2.14. The van der Waals surface area contributed by atoms with Crippen molar-refractivity contribution in [3.63, 3.8) is 0 Å². The van der Waals surface area contributed by atoms with E-state index in [1.807, 2.05) is 32.0 Å². The number of carbonyl (C=O) groups is 1. The van der Waals surface area contributed by atoms with Gasteiger partial charge in [-0.15, -0.1) is 5.10 Å². The number of nitrogens with one attached hydrogen (secondary N) is 2. The topological polar surface area (TPSA) is 79.2 Å². The molecule has 1 aromatic carbocycles. The zero-order chi connectivity index (χ0) is 16.8. The Balaban J connectivity index is 2.02. The minimum atomic E-state index is -0.535. The largest absolute Gasteiger partial charge is 0.391 e. The van der Waals surface area contributed by atoms with Crippen LogP contribution in [0, 0.1) is 6.92 Å². The molecule has 23 heavy (non-hydrogen) atoms. The van der Waals surface area contributed by atoms with Gasteiger partial charge < -0.3 is 10.4 Å². The molecule has 7 heteroatoms. The molecule has 1 aromatic heterocycles. The number of nitrogens with zero attached hydrogens (tertiary/aromatic N) is 2. The highest BCUT2D eigenvalue weighted by Crippen LogP contribution is 2.22. The van der Waals surface area contributed by atoms with Gasteiger partial charge in [0.15, 0.2) is 5.82 Å². The standard InChI is InChI=1S/C16H21ClN4O2/c1-3-6-12(22)9-18-16(23)19-15-11(2)10-21(20-15)14-8-5-4-7-13(14)17/h4-5,7-8,10,12,22H,3,6,9H2,1-2H3,(H2,18,19,20,23). The average Bonchev–Trinajstić information content (AvgIpc) is 2.87. The number of anilines is 1. The Labute approximate surface area is 140 Å². The first kappa shape index (κ1) is 17.3. The van der Waals surface area contributed by atoms with Crippen molar-refractivity contribution in [2.75, 3.05) is 11.9 Å². The van der Waals surface area contributed by atoms with Crippen LogP contribution in [0.5, 0.6) is 0 Å². The molecule has 0 bridgehead atoms. The minimum absolute atomic E-state index is 0.212. The lowest BCUT2D eigenvalue weighted by molar-refractivity contribution is 0.162. The molecule has 1 unspecified atom stereocenters. The summed E-state index contributed by atoms with van der Waals surface area (Å²) in [7, 11) is 0. The summed E-state index contributed by atoms with van der Waals surface area (Å²) < 4.78 is 1.62. The molecular formula is C16H21ClN4O2. The second-order valence-electron chi connectivity index (χ2n) is 5.33. The number of hydrogen-bond acceptors (Lipinski definition) is 3. The van der Waals surface area contributed by atoms with Gasteiger partial charge in [-0.3, -0.25) is 5.32 Å². The zero-order valence-electron chi connectivity index (χ0n) is 13.2. The number of aliphatic hydroxyl groups excluding tert-OH is 1. The molecule has 2 amide bonds. The highest BCUT2D eigenvalue weighted by Gasteiger charge is 2.12. The highest BCUT2D eigenvalue weighted by atomic mass is 35.5. The van der Waals surface area contributed by atoms with E-state index in [-0.39, 0.29) is 6.54 Å². The third-order valence-electron chi connectivity index (χ3n) is 3.35. The van der Waals surface area contributed by atoms with E-state index in [1.54, 1.807) is 16.9 Å². The van der Waals surface area contributed by atoms with Gasteiger partial charge in [-0.05, 0) is 25.5 Å². The first-order chi connectivity index (χ1) is 11.0. The van der Waals surface area contributed by atoms with Gasteiger partial charge in [-0.1, -0.05) is 37.1 Å². The lowest BCUT2D eigenvalue weighted by Crippen LogP contribution is -2.35. The molecule has 0 aliphatic heterocycles. The molecule has 0 fully saturated rings. The smallest absolute Gasteiger partial charge is 0.320 e. The number of carbonyl (C=O) groups excluding carboxylic acids is 1. The van der Waals surface area contributed by atoms with Gasteiger partial charge in [0.2, 0.25) is 0 Å². The van der Waals surface area contributed by atoms with Gasteiger partial charge in [0.25, 0.3) is 0 Å². The number of aryl methyl sites for hydroxylation is 1. The van der Waals surface area contributed by atoms with E-state index in [2.05, 4.69) is 15.7 Å². The maximum absolute atomic E-state index is 11.9. The average molecular weight is 337 g/mol. The van der Waals surface area contributed by atoms with Crippen molar-refractivity contribution in [1.29, 1.82) is 0 Å². The number of amides is 2. The quantitative estimate of drug-likeness (QED) is 0.758. The van der Waals surface area contributed by atoms with Gasteiger partial charge in [-0.25, -0.2) is 9.48 Å². The van der Waals surface area contributed by atoms with Crippen LogP contribution in [0.15, 0.2) is 30.5 Å². The predicted octanol–water partition coefficient (Wildman–Crippen LogP) is 3.12. The van der Waals surface area contributed by atoms with Gasteiger partial charge in [-0.2, -0.15) is 0 Å². The Morgan fingerprint density at radius 1 is 1.43 bits per heavy atom. The molecule has 0 spiro atoms. The van der Waals surface area contributed by atoms with Crippen LogP contribution in [0.25, 0.3) is 5.69 Å². The highest BCUT2D eigenvalue weighted by molar-refractivity contribution is 6.32. The minimum Gasteiger partial charge on any atom is -0.391 e. The van der Waals surface area contributed by atoms with E-state index < -0.39 is 12.1 Å². The molecule has 1 heterocycles. The second kappa shape index (κ2) is 7.99. The van der Waals surface area contributed by atoms with Crippen molar-refractivity contribution in [3.8, 4) is 5.69 Å². The monoisotopic (exact) mass is 336 g/mol. The Morgan fingerprint density at radius 3 is 2.87 bits per heavy atom. The molecule has 6 nitrogen and oxygen atoms in total. The number of benzene rings is 1. The molecule has 3 N–H and O–H groups in total. The third kappa shape index (κ3) is 4.71. The van der Waals surface area contributed by atoms with Crippen molar-refractivity contribution in [2.24, 2.45) is 0 Å². The number of para-hydroxylation sites is 1. The summed E-state index contributed by atoms with van der Waals surface area (Å²) >= 11 is 6.15. The molecule has 0 aliphatic carbocycles. The first-order valence-electron chi connectivity index (χ1n) is 7.55. The Morgan fingerprint density at radius 2 is 2.17 bits per heavy atom. The van der Waals surface area contributed by atoms with Crippen LogP contribution >= 0.6 is 11.6 Å². The maximum Gasteiger partial charge on any atom is 0.320 e. The summed E-state index contributed by atoms with van der Waals surface area (Å²) in [6.07, 6.45) is 2.78. The molecule has 0 saturated heterocycles. The molecular weight excluding hydrogens is 316 g/mol. The summed E-state index contributed by atoms with van der Waals surface area (Å²) in [5.74, 6) is 0.451. The van der Waals surface area contributed by atoms with E-state index in [9.17, 15) is 9.90 Å². The Kier molecular flexibility index (Phi) is 6.01. The normalized spacial score (nSPS) is 12.0. The van der Waals surface area contributed by atoms with Crippen molar-refractivity contribution in [2.45, 2.75) is 32.8 Å². The van der Waals surface area contributed by atoms with Gasteiger partial charge in [0, 0.05) is 18.3 Å². The van der Waals surface area contributed by atoms with E-state index >= 15 is 0 Å². The van der Waals surface area contributed by atoms with Gasteiger partial charge in [0.1, 0.15) is 0 Å². The van der Waals surface area contributed by atoms with E-state index in [0.717, 1.165) is 17.7 Å². The SMILES string of the molecule is CCCC(O)CNC(=O)Nc1nn(-c2ccccc2Cl)cc1C. The number of aliphatic hydroxyl groups is 1. The number of hydrogen-bond donors (Lipinski definition) is 3. The number of urea groups is 1. The Hall–Kier alpha value is -2.05. The molecule has 124 valence electrons. The maximum atomic E-state index is 11.9. The van der Waals surface area contributed by atoms with E-state index in [0.29, 0.717) is 17.3 Å². The van der Waals surface area contributed by atoms with Crippen molar-refractivity contribution >= 4 is 23.4 Å². The first-order valence-corrected chi connectivity index (χ1v) is 7.93. The molecule has 0 aliphatic rings.